The standard InChI is InChI=1S/C25H34ClN3O5/c1-6-13(2)17(12-30)29-20(22(32)28-16-10-8-7-9-15(16)26)25-11-14(3)24(4,34-25)18(21(31)27-5)19(25)23(29)33/h7-10,13-14,17-20,30H,6,11-12H2,1-5H3,(H,27,31)(H,28,32)/t13-,14?,17-,18-,19-,20?,24+,25?/m0/s1. The summed E-state index contributed by atoms with van der Waals surface area (Å²) in [5.41, 5.74) is -1.62. The molecule has 3 amide bonds. The van der Waals surface area contributed by atoms with Crippen molar-refractivity contribution in [1.82, 2.24) is 10.2 Å². The summed E-state index contributed by atoms with van der Waals surface area (Å²) < 4.78 is 6.63. The summed E-state index contributed by atoms with van der Waals surface area (Å²) in [6, 6.07) is 5.30. The Bertz CT molecular complexity index is 1000. The number of likely N-dealkylation sites (tertiary alicyclic amines) is 1. The molecule has 3 unspecified atom stereocenters. The summed E-state index contributed by atoms with van der Waals surface area (Å²) in [4.78, 5) is 42.5. The molecule has 1 aromatic carbocycles. The number of para-hydroxylation sites is 1. The van der Waals surface area contributed by atoms with Crippen LogP contribution in [0.2, 0.25) is 5.02 Å². The molecule has 4 rings (SSSR count). The highest BCUT2D eigenvalue weighted by Gasteiger charge is 2.80. The van der Waals surface area contributed by atoms with Crippen LogP contribution in [0.1, 0.15) is 40.5 Å². The number of fused-ring (bicyclic) bond motifs is 1. The van der Waals surface area contributed by atoms with Gasteiger partial charge in [-0.05, 0) is 37.3 Å². The van der Waals surface area contributed by atoms with Crippen molar-refractivity contribution in [1.29, 1.82) is 0 Å². The number of hydrogen-bond acceptors (Lipinski definition) is 5. The molecule has 9 heteroatoms. The molecular weight excluding hydrogens is 458 g/mol. The van der Waals surface area contributed by atoms with Crippen molar-refractivity contribution < 1.29 is 24.2 Å². The van der Waals surface area contributed by atoms with Gasteiger partial charge in [0.05, 0.1) is 40.8 Å². The van der Waals surface area contributed by atoms with Gasteiger partial charge in [-0.3, -0.25) is 14.4 Å². The second kappa shape index (κ2) is 8.81. The summed E-state index contributed by atoms with van der Waals surface area (Å²) >= 11 is 6.30. The molecule has 0 aromatic heterocycles. The first-order valence-corrected chi connectivity index (χ1v) is 12.3. The average Bonchev–Trinajstić information content (AvgIpc) is 3.32. The number of nitrogens with zero attached hydrogens (tertiary/aromatic N) is 1. The first-order chi connectivity index (χ1) is 16.1. The van der Waals surface area contributed by atoms with Crippen LogP contribution >= 0.6 is 11.6 Å². The van der Waals surface area contributed by atoms with Crippen LogP contribution in [0.15, 0.2) is 24.3 Å². The topological polar surface area (TPSA) is 108 Å². The monoisotopic (exact) mass is 491 g/mol. The van der Waals surface area contributed by atoms with Gasteiger partial charge in [-0.1, -0.05) is 50.9 Å². The summed E-state index contributed by atoms with van der Waals surface area (Å²) in [5, 5.41) is 16.3. The molecule has 8 atom stereocenters. The molecule has 8 nitrogen and oxygen atoms in total. The van der Waals surface area contributed by atoms with E-state index in [0.717, 1.165) is 0 Å². The lowest BCUT2D eigenvalue weighted by Gasteiger charge is -2.39. The Balaban J connectivity index is 1.84. The number of anilines is 1. The van der Waals surface area contributed by atoms with Gasteiger partial charge in [0, 0.05) is 7.05 Å². The fourth-order valence-corrected chi connectivity index (χ4v) is 6.65. The molecule has 3 fully saturated rings. The Morgan fingerprint density at radius 2 is 2.00 bits per heavy atom. The van der Waals surface area contributed by atoms with E-state index < -0.39 is 41.0 Å². The summed E-state index contributed by atoms with van der Waals surface area (Å²) in [6.07, 6.45) is 1.17. The Morgan fingerprint density at radius 3 is 2.59 bits per heavy atom. The van der Waals surface area contributed by atoms with E-state index in [1.54, 1.807) is 31.3 Å². The zero-order valence-corrected chi connectivity index (χ0v) is 21.1. The van der Waals surface area contributed by atoms with E-state index >= 15 is 0 Å². The molecule has 0 saturated carbocycles. The van der Waals surface area contributed by atoms with Gasteiger partial charge in [0.25, 0.3) is 0 Å². The number of aliphatic hydroxyl groups is 1. The summed E-state index contributed by atoms with van der Waals surface area (Å²) in [5.74, 6) is -2.68. The maximum absolute atomic E-state index is 14.1. The number of nitrogens with one attached hydrogen (secondary N) is 2. The van der Waals surface area contributed by atoms with Crippen molar-refractivity contribution in [2.75, 3.05) is 19.0 Å². The van der Waals surface area contributed by atoms with Crippen molar-refractivity contribution in [3.8, 4) is 0 Å². The van der Waals surface area contributed by atoms with E-state index in [-0.39, 0.29) is 30.3 Å². The maximum Gasteiger partial charge on any atom is 0.250 e. The average molecular weight is 492 g/mol. The van der Waals surface area contributed by atoms with Crippen LogP contribution < -0.4 is 10.6 Å². The van der Waals surface area contributed by atoms with E-state index in [0.29, 0.717) is 23.6 Å². The molecule has 3 saturated heterocycles. The van der Waals surface area contributed by atoms with Crippen LogP contribution in [-0.2, 0) is 19.1 Å². The van der Waals surface area contributed by atoms with Gasteiger partial charge in [0.2, 0.25) is 17.7 Å². The SMILES string of the molecule is CC[C@H](C)[C@H](CO)N1C(=O)[C@@H]2[C@@H](C(=O)NC)[C@]3(C)OC2(CC3C)C1C(=O)Nc1ccccc1Cl. The van der Waals surface area contributed by atoms with Crippen molar-refractivity contribution >= 4 is 35.0 Å². The number of hydrogen-bond donors (Lipinski definition) is 3. The Hall–Kier alpha value is -2.16. The highest BCUT2D eigenvalue weighted by molar-refractivity contribution is 6.33. The molecule has 3 heterocycles. The van der Waals surface area contributed by atoms with E-state index in [1.165, 1.54) is 4.90 Å². The van der Waals surface area contributed by atoms with Gasteiger partial charge in [0.15, 0.2) is 0 Å². The Kier molecular flexibility index (Phi) is 6.46. The van der Waals surface area contributed by atoms with Crippen molar-refractivity contribution in [3.05, 3.63) is 29.3 Å². The van der Waals surface area contributed by atoms with E-state index in [1.807, 2.05) is 27.7 Å². The zero-order valence-electron chi connectivity index (χ0n) is 20.3. The van der Waals surface area contributed by atoms with Gasteiger partial charge in [-0.15, -0.1) is 0 Å². The number of carbonyl (C=O) groups is 3. The highest BCUT2D eigenvalue weighted by Crippen LogP contribution is 2.65. The van der Waals surface area contributed by atoms with Gasteiger partial charge in [-0.25, -0.2) is 0 Å². The zero-order chi connectivity index (χ0) is 25.0. The van der Waals surface area contributed by atoms with Crippen LogP contribution in [0.4, 0.5) is 5.69 Å². The second-order valence-corrected chi connectivity index (χ2v) is 10.6. The molecule has 2 bridgehead atoms. The van der Waals surface area contributed by atoms with Crippen LogP contribution in [0.5, 0.6) is 0 Å². The first kappa shape index (κ1) is 24.9. The Morgan fingerprint density at radius 1 is 1.32 bits per heavy atom. The number of halogens is 1. The first-order valence-electron chi connectivity index (χ1n) is 12.0. The predicted molar refractivity (Wildman–Crippen MR) is 128 cm³/mol. The maximum atomic E-state index is 14.1. The number of amides is 3. The van der Waals surface area contributed by atoms with Crippen LogP contribution in [0.25, 0.3) is 0 Å². The number of rotatable bonds is 7. The highest BCUT2D eigenvalue weighted by atomic mass is 35.5. The number of carbonyl (C=O) groups excluding carboxylic acids is 3. The van der Waals surface area contributed by atoms with Crippen LogP contribution in [0.3, 0.4) is 0 Å². The number of aliphatic hydroxyl groups excluding tert-OH is 1. The molecule has 186 valence electrons. The number of ether oxygens (including phenoxy) is 1. The minimum atomic E-state index is -1.17. The largest absolute Gasteiger partial charge is 0.394 e. The third kappa shape index (κ3) is 3.37. The third-order valence-electron chi connectivity index (χ3n) is 8.51. The normalized spacial score (nSPS) is 35.7. The molecular formula is C25H34ClN3O5. The van der Waals surface area contributed by atoms with Crippen molar-refractivity contribution in [3.63, 3.8) is 0 Å². The number of benzene rings is 1. The van der Waals surface area contributed by atoms with E-state index in [9.17, 15) is 19.5 Å². The summed E-state index contributed by atoms with van der Waals surface area (Å²) in [6.45, 7) is 7.49. The minimum absolute atomic E-state index is 0.0504. The lowest BCUT2D eigenvalue weighted by atomic mass is 9.62. The molecule has 0 aliphatic carbocycles. The van der Waals surface area contributed by atoms with E-state index in [2.05, 4.69) is 10.6 Å². The van der Waals surface area contributed by atoms with Gasteiger partial charge in [0.1, 0.15) is 11.6 Å². The quantitative estimate of drug-likeness (QED) is 0.543. The second-order valence-electron chi connectivity index (χ2n) is 10.2. The molecule has 3 aliphatic heterocycles. The molecule has 1 aromatic rings. The van der Waals surface area contributed by atoms with E-state index in [4.69, 9.17) is 16.3 Å². The van der Waals surface area contributed by atoms with Gasteiger partial charge in [-0.2, -0.15) is 0 Å². The van der Waals surface area contributed by atoms with Gasteiger partial charge < -0.3 is 25.4 Å². The van der Waals surface area contributed by atoms with Gasteiger partial charge >= 0.3 is 0 Å². The van der Waals surface area contributed by atoms with Crippen molar-refractivity contribution in [2.24, 2.45) is 23.7 Å². The Labute approximate surface area is 205 Å². The lowest BCUT2D eigenvalue weighted by molar-refractivity contribution is -0.150. The minimum Gasteiger partial charge on any atom is -0.394 e. The lowest BCUT2D eigenvalue weighted by Crippen LogP contribution is -2.57. The summed E-state index contributed by atoms with van der Waals surface area (Å²) in [7, 11) is 1.55. The molecule has 34 heavy (non-hydrogen) atoms. The molecule has 3 aliphatic rings. The van der Waals surface area contributed by atoms with Crippen LogP contribution in [-0.4, -0.2) is 64.7 Å². The fraction of sp³-hybridized carbons (Fsp3) is 0.640. The molecule has 0 radical (unpaired) electrons. The van der Waals surface area contributed by atoms with Crippen molar-refractivity contribution in [2.45, 2.75) is 63.8 Å². The predicted octanol–water partition coefficient (Wildman–Crippen LogP) is 2.44. The fourth-order valence-electron chi connectivity index (χ4n) is 6.47. The smallest absolute Gasteiger partial charge is 0.250 e. The van der Waals surface area contributed by atoms with Crippen LogP contribution in [0, 0.1) is 23.7 Å². The molecule has 3 N–H and O–H groups in total. The molecule has 1 spiro atoms. The third-order valence-corrected chi connectivity index (χ3v) is 8.84.